The van der Waals surface area contributed by atoms with Crippen LogP contribution in [0, 0.1) is 5.82 Å². The number of hydrogen-bond donors (Lipinski definition) is 2. The Morgan fingerprint density at radius 3 is 2.62 bits per heavy atom. The number of alkyl halides is 1. The second-order valence-corrected chi connectivity index (χ2v) is 10.4. The Morgan fingerprint density at radius 2 is 1.80 bits per heavy atom. The Kier molecular flexibility index (Phi) is 5.85. The molecule has 1 aromatic carbocycles. The minimum Gasteiger partial charge on any atom is -0.335 e. The molecule has 1 unspecified atom stereocenters. The van der Waals surface area contributed by atoms with Gasteiger partial charge < -0.3 is 4.98 Å². The largest absolute Gasteiger partial charge is 0.335 e. The molecule has 5 aromatic heterocycles. The third-order valence-corrected chi connectivity index (χ3v) is 7.75. The molecule has 6 heterocycles. The molecule has 7 rings (SSSR count). The van der Waals surface area contributed by atoms with E-state index >= 15 is 0 Å². The maximum absolute atomic E-state index is 14.7. The minimum atomic E-state index is -1.09. The fourth-order valence-corrected chi connectivity index (χ4v) is 5.46. The Balaban J connectivity index is 1.22. The number of pyridine rings is 3. The van der Waals surface area contributed by atoms with E-state index in [-0.39, 0.29) is 5.82 Å². The highest BCUT2D eigenvalue weighted by Crippen LogP contribution is 2.33. The van der Waals surface area contributed by atoms with Gasteiger partial charge in [0.05, 0.1) is 22.6 Å². The maximum Gasteiger partial charge on any atom is 0.181 e. The zero-order chi connectivity index (χ0) is 27.3. The Bertz CT molecular complexity index is 1840. The standard InChI is InChI=1S/C30H26F2N8/c1-2-30(32)7-8-40(17-30)16-18-9-20(12-33-11-18)21-10-23-27(38-39-28(23)35-13-21)29-36-25-15-34-14-24(26(25)37-29)19-3-5-22(31)6-4-19/h3-6,9-15H,2,7-8,16-17H2,1H3,(H,36,37)(H,35,38,39). The predicted octanol–water partition coefficient (Wildman–Crippen LogP) is 6.09. The van der Waals surface area contributed by atoms with Gasteiger partial charge in [0, 0.05) is 61.1 Å². The molecule has 1 aliphatic heterocycles. The van der Waals surface area contributed by atoms with Gasteiger partial charge in [0.2, 0.25) is 0 Å². The van der Waals surface area contributed by atoms with Crippen LogP contribution < -0.4 is 0 Å². The molecular weight excluding hydrogens is 510 g/mol. The number of hydrogen-bond acceptors (Lipinski definition) is 6. The first kappa shape index (κ1) is 24.5. The van der Waals surface area contributed by atoms with Gasteiger partial charge >= 0.3 is 0 Å². The summed E-state index contributed by atoms with van der Waals surface area (Å²) in [5.74, 6) is 0.299. The molecule has 0 amide bonds. The Labute approximate surface area is 228 Å². The van der Waals surface area contributed by atoms with Crippen LogP contribution in [0.2, 0.25) is 0 Å². The SMILES string of the molecule is CCC1(F)CCN(Cc2cncc(-c3cnc4n[nH]c(-c5nc6c(-c7ccc(F)cc7)cncc6[nH]5)c4c3)c2)C1. The van der Waals surface area contributed by atoms with Gasteiger partial charge in [0.15, 0.2) is 11.5 Å². The third kappa shape index (κ3) is 4.40. The monoisotopic (exact) mass is 536 g/mol. The summed E-state index contributed by atoms with van der Waals surface area (Å²) in [6, 6.07) is 10.4. The van der Waals surface area contributed by atoms with E-state index < -0.39 is 5.67 Å². The number of H-pyrrole nitrogens is 2. The average Bonchev–Trinajstić information content (AvgIpc) is 3.70. The number of benzene rings is 1. The summed E-state index contributed by atoms with van der Waals surface area (Å²) < 4.78 is 28.2. The number of nitrogens with zero attached hydrogens (tertiary/aromatic N) is 6. The maximum atomic E-state index is 14.7. The first-order chi connectivity index (χ1) is 19.5. The lowest BCUT2D eigenvalue weighted by molar-refractivity contribution is 0.158. The number of aromatic nitrogens is 7. The van der Waals surface area contributed by atoms with E-state index in [0.29, 0.717) is 43.1 Å². The number of halogens is 2. The van der Waals surface area contributed by atoms with Crippen LogP contribution in [0.5, 0.6) is 0 Å². The van der Waals surface area contributed by atoms with Gasteiger partial charge in [-0.05, 0) is 48.2 Å². The fourth-order valence-electron chi connectivity index (χ4n) is 5.46. The average molecular weight is 537 g/mol. The van der Waals surface area contributed by atoms with E-state index in [9.17, 15) is 8.78 Å². The summed E-state index contributed by atoms with van der Waals surface area (Å²) in [5, 5.41) is 8.27. The number of imidazole rings is 1. The zero-order valence-electron chi connectivity index (χ0n) is 21.8. The molecule has 0 bridgehead atoms. The van der Waals surface area contributed by atoms with Crippen molar-refractivity contribution >= 4 is 22.1 Å². The van der Waals surface area contributed by atoms with Gasteiger partial charge in [-0.1, -0.05) is 19.1 Å². The summed E-state index contributed by atoms with van der Waals surface area (Å²) >= 11 is 0. The summed E-state index contributed by atoms with van der Waals surface area (Å²) in [6.45, 7) is 3.76. The van der Waals surface area contributed by atoms with Crippen LogP contribution in [-0.2, 0) is 6.54 Å². The number of rotatable bonds is 6. The van der Waals surface area contributed by atoms with Crippen molar-refractivity contribution in [1.82, 2.24) is 40.0 Å². The molecule has 1 atom stereocenters. The molecule has 0 saturated carbocycles. The van der Waals surface area contributed by atoms with Gasteiger partial charge in [-0.3, -0.25) is 20.0 Å². The van der Waals surface area contributed by atoms with Crippen LogP contribution in [0.4, 0.5) is 8.78 Å². The lowest BCUT2D eigenvalue weighted by atomic mass is 10.0. The van der Waals surface area contributed by atoms with E-state index in [0.717, 1.165) is 50.8 Å². The molecule has 1 aliphatic rings. The molecule has 0 spiro atoms. The first-order valence-corrected chi connectivity index (χ1v) is 13.3. The van der Waals surface area contributed by atoms with E-state index in [1.54, 1.807) is 30.7 Å². The molecular formula is C30H26F2N8. The Morgan fingerprint density at radius 1 is 0.975 bits per heavy atom. The smallest absolute Gasteiger partial charge is 0.181 e. The molecule has 6 aromatic rings. The van der Waals surface area contributed by atoms with Gasteiger partial charge in [0.25, 0.3) is 0 Å². The molecule has 200 valence electrons. The van der Waals surface area contributed by atoms with Crippen LogP contribution in [0.1, 0.15) is 25.3 Å². The normalized spacial score (nSPS) is 17.8. The highest BCUT2D eigenvalue weighted by molar-refractivity contribution is 5.96. The second kappa shape index (κ2) is 9.56. The fraction of sp³-hybridized carbons (Fsp3) is 0.233. The third-order valence-electron chi connectivity index (χ3n) is 7.75. The lowest BCUT2D eigenvalue weighted by Gasteiger charge is -2.19. The van der Waals surface area contributed by atoms with Crippen molar-refractivity contribution < 1.29 is 8.78 Å². The molecule has 0 aliphatic carbocycles. The van der Waals surface area contributed by atoms with Crippen molar-refractivity contribution in [2.75, 3.05) is 13.1 Å². The summed E-state index contributed by atoms with van der Waals surface area (Å²) in [7, 11) is 0. The highest BCUT2D eigenvalue weighted by atomic mass is 19.1. The lowest BCUT2D eigenvalue weighted by Crippen LogP contribution is -2.28. The zero-order valence-corrected chi connectivity index (χ0v) is 21.8. The summed E-state index contributed by atoms with van der Waals surface area (Å²) in [4.78, 5) is 23.7. The Hall–Kier alpha value is -4.57. The first-order valence-electron chi connectivity index (χ1n) is 13.3. The van der Waals surface area contributed by atoms with Crippen LogP contribution in [0.25, 0.3) is 55.8 Å². The van der Waals surface area contributed by atoms with Gasteiger partial charge in [-0.15, -0.1) is 0 Å². The highest BCUT2D eigenvalue weighted by Gasteiger charge is 2.36. The van der Waals surface area contributed by atoms with Crippen molar-refractivity contribution in [1.29, 1.82) is 0 Å². The molecule has 10 heteroatoms. The van der Waals surface area contributed by atoms with E-state index in [4.69, 9.17) is 4.98 Å². The predicted molar refractivity (Wildman–Crippen MR) is 149 cm³/mol. The topological polar surface area (TPSA) is 99.3 Å². The molecule has 40 heavy (non-hydrogen) atoms. The van der Waals surface area contributed by atoms with Crippen LogP contribution in [0.15, 0.2) is 67.4 Å². The van der Waals surface area contributed by atoms with Crippen LogP contribution in [-0.4, -0.2) is 58.8 Å². The molecule has 1 fully saturated rings. The number of aromatic amines is 2. The molecule has 0 radical (unpaired) electrons. The second-order valence-electron chi connectivity index (χ2n) is 10.4. The van der Waals surface area contributed by atoms with Crippen LogP contribution >= 0.6 is 0 Å². The van der Waals surface area contributed by atoms with Crippen molar-refractivity contribution in [2.24, 2.45) is 0 Å². The van der Waals surface area contributed by atoms with E-state index in [1.807, 2.05) is 25.4 Å². The number of nitrogens with one attached hydrogen (secondary N) is 2. The number of fused-ring (bicyclic) bond motifs is 2. The van der Waals surface area contributed by atoms with Gasteiger partial charge in [0.1, 0.15) is 17.2 Å². The van der Waals surface area contributed by atoms with Crippen molar-refractivity contribution in [3.63, 3.8) is 0 Å². The minimum absolute atomic E-state index is 0.297. The van der Waals surface area contributed by atoms with Crippen LogP contribution in [0.3, 0.4) is 0 Å². The molecule has 8 nitrogen and oxygen atoms in total. The van der Waals surface area contributed by atoms with E-state index in [2.05, 4.69) is 41.1 Å². The van der Waals surface area contributed by atoms with Gasteiger partial charge in [-0.2, -0.15) is 5.10 Å². The van der Waals surface area contributed by atoms with Crippen molar-refractivity contribution in [3.05, 3.63) is 78.8 Å². The summed E-state index contributed by atoms with van der Waals surface area (Å²) in [6.07, 6.45) is 9.98. The number of likely N-dealkylation sites (tertiary alicyclic amines) is 1. The summed E-state index contributed by atoms with van der Waals surface area (Å²) in [5.41, 5.74) is 6.12. The van der Waals surface area contributed by atoms with E-state index in [1.165, 1.54) is 12.1 Å². The quantitative estimate of drug-likeness (QED) is 0.267. The van der Waals surface area contributed by atoms with Gasteiger partial charge in [-0.25, -0.2) is 18.7 Å². The molecule has 2 N–H and O–H groups in total. The van der Waals surface area contributed by atoms with Crippen molar-refractivity contribution in [3.8, 4) is 33.8 Å². The molecule has 1 saturated heterocycles. The van der Waals surface area contributed by atoms with Crippen molar-refractivity contribution in [2.45, 2.75) is 32.0 Å².